The first-order valence-corrected chi connectivity index (χ1v) is 10.1. The summed E-state index contributed by atoms with van der Waals surface area (Å²) in [6, 6.07) is 11.4. The fourth-order valence-corrected chi connectivity index (χ4v) is 3.74. The quantitative estimate of drug-likeness (QED) is 0.640. The summed E-state index contributed by atoms with van der Waals surface area (Å²) in [5.41, 5.74) is 3.55. The Morgan fingerprint density at radius 1 is 1.31 bits per heavy atom. The van der Waals surface area contributed by atoms with Gasteiger partial charge in [0.1, 0.15) is 18.0 Å². The molecule has 152 valence electrons. The maximum Gasteiger partial charge on any atom is 0.253 e. The second kappa shape index (κ2) is 8.66. The van der Waals surface area contributed by atoms with Crippen LogP contribution in [0.2, 0.25) is 0 Å². The Kier molecular flexibility index (Phi) is 5.81. The highest BCUT2D eigenvalue weighted by molar-refractivity contribution is 5.94. The number of hydrogen-bond acceptors (Lipinski definition) is 4. The smallest absolute Gasteiger partial charge is 0.253 e. The Morgan fingerprint density at radius 2 is 2.21 bits per heavy atom. The minimum absolute atomic E-state index is 0.00392. The zero-order chi connectivity index (χ0) is 20.2. The summed E-state index contributed by atoms with van der Waals surface area (Å²) < 4.78 is 13.4. The van der Waals surface area contributed by atoms with Crippen molar-refractivity contribution in [2.24, 2.45) is 5.92 Å². The highest BCUT2D eigenvalue weighted by Crippen LogP contribution is 2.19. The summed E-state index contributed by atoms with van der Waals surface area (Å²) in [7, 11) is 1.85. The number of benzene rings is 1. The van der Waals surface area contributed by atoms with Crippen molar-refractivity contribution >= 4 is 11.6 Å². The molecule has 0 aliphatic carbocycles. The van der Waals surface area contributed by atoms with Crippen molar-refractivity contribution in [1.82, 2.24) is 14.3 Å². The number of amides is 1. The van der Waals surface area contributed by atoms with Crippen LogP contribution in [-0.4, -0.2) is 47.0 Å². The number of aryl methyl sites for hydroxylation is 1. The second-order valence-corrected chi connectivity index (χ2v) is 7.79. The number of hydrogen-bond donors (Lipinski definition) is 0. The monoisotopic (exact) mass is 393 g/mol. The molecule has 1 fully saturated rings. The van der Waals surface area contributed by atoms with Gasteiger partial charge < -0.3 is 18.8 Å². The fourth-order valence-electron chi connectivity index (χ4n) is 3.74. The van der Waals surface area contributed by atoms with Gasteiger partial charge in [0.2, 0.25) is 0 Å². The number of carbonyl (C=O) groups is 1. The Morgan fingerprint density at radius 3 is 3.03 bits per heavy atom. The number of aromatic nitrogens is 2. The average molecular weight is 393 g/mol. The predicted octanol–water partition coefficient (Wildman–Crippen LogP) is 3.72. The molecule has 6 heteroatoms. The Hall–Kier alpha value is -2.86. The molecular weight excluding hydrogens is 366 g/mol. The molecule has 1 saturated heterocycles. The number of imidazole rings is 1. The van der Waals surface area contributed by atoms with Gasteiger partial charge >= 0.3 is 0 Å². The maximum atomic E-state index is 12.8. The van der Waals surface area contributed by atoms with Gasteiger partial charge in [0, 0.05) is 38.2 Å². The lowest BCUT2D eigenvalue weighted by Gasteiger charge is -2.27. The largest absolute Gasteiger partial charge is 0.487 e. The number of fused-ring (bicyclic) bond motifs is 1. The highest BCUT2D eigenvalue weighted by Gasteiger charge is 2.20. The first kappa shape index (κ1) is 19.5. The third-order valence-electron chi connectivity index (χ3n) is 5.25. The minimum Gasteiger partial charge on any atom is -0.487 e. The van der Waals surface area contributed by atoms with E-state index in [2.05, 4.69) is 11.9 Å². The van der Waals surface area contributed by atoms with E-state index in [1.807, 2.05) is 54.2 Å². The Bertz CT molecular complexity index is 992. The molecule has 0 bridgehead atoms. The molecule has 0 spiro atoms. The maximum absolute atomic E-state index is 12.8. The van der Waals surface area contributed by atoms with Gasteiger partial charge in [0.05, 0.1) is 12.3 Å². The van der Waals surface area contributed by atoms with Gasteiger partial charge in [-0.3, -0.25) is 4.79 Å². The van der Waals surface area contributed by atoms with Gasteiger partial charge in [-0.1, -0.05) is 12.1 Å². The minimum atomic E-state index is 0.00392. The summed E-state index contributed by atoms with van der Waals surface area (Å²) >= 11 is 0. The second-order valence-electron chi connectivity index (χ2n) is 7.79. The van der Waals surface area contributed by atoms with E-state index in [1.165, 1.54) is 5.56 Å². The van der Waals surface area contributed by atoms with E-state index >= 15 is 0 Å². The number of carbonyl (C=O) groups excluding carboxylic acids is 1. The van der Waals surface area contributed by atoms with Crippen LogP contribution in [0.25, 0.3) is 5.65 Å². The van der Waals surface area contributed by atoms with Crippen molar-refractivity contribution in [3.8, 4) is 5.75 Å². The van der Waals surface area contributed by atoms with Crippen LogP contribution in [0.1, 0.15) is 34.5 Å². The van der Waals surface area contributed by atoms with Crippen molar-refractivity contribution in [2.75, 3.05) is 26.8 Å². The van der Waals surface area contributed by atoms with Crippen LogP contribution in [0.4, 0.5) is 0 Å². The molecule has 1 amide bonds. The summed E-state index contributed by atoms with van der Waals surface area (Å²) in [6.07, 6.45) is 6.19. The lowest BCUT2D eigenvalue weighted by molar-refractivity contribution is 0.0388. The van der Waals surface area contributed by atoms with E-state index in [1.54, 1.807) is 11.0 Å². The van der Waals surface area contributed by atoms with E-state index < -0.39 is 0 Å². The van der Waals surface area contributed by atoms with Crippen molar-refractivity contribution in [2.45, 2.75) is 26.4 Å². The predicted molar refractivity (Wildman–Crippen MR) is 111 cm³/mol. The molecule has 3 heterocycles. The molecule has 0 saturated carbocycles. The fraction of sp³-hybridized carbons (Fsp3) is 0.391. The normalized spacial score (nSPS) is 16.7. The Labute approximate surface area is 171 Å². The summed E-state index contributed by atoms with van der Waals surface area (Å²) in [4.78, 5) is 19.2. The van der Waals surface area contributed by atoms with Crippen LogP contribution in [0.3, 0.4) is 0 Å². The van der Waals surface area contributed by atoms with Crippen molar-refractivity contribution in [3.63, 3.8) is 0 Å². The molecule has 0 radical (unpaired) electrons. The highest BCUT2D eigenvalue weighted by atomic mass is 16.5. The first-order chi connectivity index (χ1) is 14.1. The molecule has 3 aromatic rings. The zero-order valence-electron chi connectivity index (χ0n) is 17.0. The molecule has 1 unspecified atom stereocenters. The summed E-state index contributed by atoms with van der Waals surface area (Å²) in [5, 5.41) is 0. The van der Waals surface area contributed by atoms with Crippen LogP contribution in [-0.2, 0) is 11.3 Å². The van der Waals surface area contributed by atoms with Gasteiger partial charge in [-0.2, -0.15) is 0 Å². The van der Waals surface area contributed by atoms with E-state index in [-0.39, 0.29) is 5.91 Å². The van der Waals surface area contributed by atoms with Crippen LogP contribution in [0.5, 0.6) is 5.75 Å². The van der Waals surface area contributed by atoms with Crippen molar-refractivity contribution in [3.05, 3.63) is 65.6 Å². The molecule has 1 aliphatic heterocycles. The summed E-state index contributed by atoms with van der Waals surface area (Å²) in [6.45, 7) is 4.69. The van der Waals surface area contributed by atoms with Crippen molar-refractivity contribution < 1.29 is 14.3 Å². The van der Waals surface area contributed by atoms with Gasteiger partial charge in [-0.15, -0.1) is 0 Å². The number of rotatable bonds is 6. The van der Waals surface area contributed by atoms with E-state index in [0.717, 1.165) is 37.4 Å². The molecule has 1 atom stereocenters. The third kappa shape index (κ3) is 4.77. The Balaban J connectivity index is 1.38. The molecule has 29 heavy (non-hydrogen) atoms. The van der Waals surface area contributed by atoms with Gasteiger partial charge in [-0.25, -0.2) is 4.98 Å². The molecule has 6 nitrogen and oxygen atoms in total. The zero-order valence-corrected chi connectivity index (χ0v) is 17.0. The molecule has 4 rings (SSSR count). The van der Waals surface area contributed by atoms with Crippen LogP contribution < -0.4 is 4.74 Å². The number of ether oxygens (including phenoxy) is 2. The van der Waals surface area contributed by atoms with Crippen LogP contribution >= 0.6 is 0 Å². The molecule has 1 aliphatic rings. The van der Waals surface area contributed by atoms with Crippen molar-refractivity contribution in [1.29, 1.82) is 0 Å². The first-order valence-electron chi connectivity index (χ1n) is 10.1. The van der Waals surface area contributed by atoms with E-state index in [0.29, 0.717) is 30.4 Å². The molecular formula is C23H27N3O3. The topological polar surface area (TPSA) is 56.1 Å². The van der Waals surface area contributed by atoms with E-state index in [4.69, 9.17) is 9.47 Å². The molecule has 1 aromatic carbocycles. The SMILES string of the molecule is Cc1ccc2nc(COc3cccc(C(=O)N(C)CC4CCCOC4)c3)cn2c1. The molecule has 2 aromatic heterocycles. The van der Waals surface area contributed by atoms with Gasteiger partial charge in [0.15, 0.2) is 0 Å². The van der Waals surface area contributed by atoms with Crippen LogP contribution in [0.15, 0.2) is 48.8 Å². The lowest BCUT2D eigenvalue weighted by atomic mass is 10.0. The lowest BCUT2D eigenvalue weighted by Crippen LogP contribution is -2.35. The van der Waals surface area contributed by atoms with Gasteiger partial charge in [0.25, 0.3) is 5.91 Å². The standard InChI is InChI=1S/C23H27N3O3/c1-17-8-9-22-24-20(14-26(22)12-17)16-29-21-7-3-6-19(11-21)23(27)25(2)13-18-5-4-10-28-15-18/h3,6-9,11-12,14,18H,4-5,10,13,15-16H2,1-2H3. The van der Waals surface area contributed by atoms with E-state index in [9.17, 15) is 4.79 Å². The average Bonchev–Trinajstić information content (AvgIpc) is 3.14. The van der Waals surface area contributed by atoms with Crippen LogP contribution in [0, 0.1) is 12.8 Å². The number of pyridine rings is 1. The third-order valence-corrected chi connectivity index (χ3v) is 5.25. The summed E-state index contributed by atoms with van der Waals surface area (Å²) in [5.74, 6) is 1.08. The molecule has 0 N–H and O–H groups in total. The number of nitrogens with zero attached hydrogens (tertiary/aromatic N) is 3. The van der Waals surface area contributed by atoms with Gasteiger partial charge in [-0.05, 0) is 55.5 Å².